The lowest BCUT2D eigenvalue weighted by Gasteiger charge is -1.98. The number of nitrogen functional groups attached to an aromatic ring is 1. The first kappa shape index (κ1) is 8.89. The molecule has 0 amide bonds. The number of aryl methyl sites for hydroxylation is 1. The molecule has 6 heteroatoms. The Hall–Kier alpha value is -1.69. The maximum atomic E-state index is 10.8. The van der Waals surface area contributed by atoms with Gasteiger partial charge in [-0.3, -0.25) is 0 Å². The van der Waals surface area contributed by atoms with Crippen molar-refractivity contribution in [2.45, 2.75) is 6.92 Å². The van der Waals surface area contributed by atoms with Crippen molar-refractivity contribution in [3.05, 3.63) is 17.3 Å². The Morgan fingerprint density at radius 1 is 1.64 bits per heavy atom. The van der Waals surface area contributed by atoms with E-state index in [0.29, 0.717) is 4.83 Å². The molecule has 0 aliphatic heterocycles. The van der Waals surface area contributed by atoms with E-state index >= 15 is 0 Å². The monoisotopic (exact) mass is 209 g/mol. The van der Waals surface area contributed by atoms with Gasteiger partial charge in [0.25, 0.3) is 0 Å². The largest absolute Gasteiger partial charge is 0.478 e. The SMILES string of the molecule is Cc1nsc2nc(N)c(C(=O)O)cc12. The van der Waals surface area contributed by atoms with E-state index in [1.165, 1.54) is 17.6 Å². The van der Waals surface area contributed by atoms with Crippen LogP contribution in [0.2, 0.25) is 0 Å². The number of fused-ring (bicyclic) bond motifs is 1. The highest BCUT2D eigenvalue weighted by molar-refractivity contribution is 7.12. The van der Waals surface area contributed by atoms with Crippen molar-refractivity contribution in [2.75, 3.05) is 5.73 Å². The average Bonchev–Trinajstić information content (AvgIpc) is 2.46. The molecule has 0 bridgehead atoms. The third-order valence-corrected chi connectivity index (χ3v) is 2.76. The molecule has 14 heavy (non-hydrogen) atoms. The minimum atomic E-state index is -1.07. The number of carboxylic acids is 1. The standard InChI is InChI=1S/C8H7N3O2S/c1-3-4-2-5(8(12)13)6(9)10-7(4)14-11-3/h2H,1H3,(H2,9,10)(H,12,13). The van der Waals surface area contributed by atoms with Gasteiger partial charge in [-0.1, -0.05) is 0 Å². The number of carbonyl (C=O) groups is 1. The van der Waals surface area contributed by atoms with Crippen LogP contribution in [0.3, 0.4) is 0 Å². The number of carboxylic acid groups (broad SMARTS) is 1. The van der Waals surface area contributed by atoms with Crippen LogP contribution in [0.15, 0.2) is 6.07 Å². The van der Waals surface area contributed by atoms with Crippen LogP contribution >= 0.6 is 11.5 Å². The van der Waals surface area contributed by atoms with Gasteiger partial charge in [0.05, 0.1) is 5.69 Å². The van der Waals surface area contributed by atoms with Gasteiger partial charge in [-0.05, 0) is 24.5 Å². The second-order valence-electron chi connectivity index (χ2n) is 2.85. The molecular formula is C8H7N3O2S. The summed E-state index contributed by atoms with van der Waals surface area (Å²) in [5, 5.41) is 9.57. The normalized spacial score (nSPS) is 10.6. The van der Waals surface area contributed by atoms with Crippen molar-refractivity contribution in [3.63, 3.8) is 0 Å². The molecule has 0 saturated carbocycles. The van der Waals surface area contributed by atoms with E-state index in [1.54, 1.807) is 0 Å². The fraction of sp³-hybridized carbons (Fsp3) is 0.125. The van der Waals surface area contributed by atoms with Crippen molar-refractivity contribution in [1.29, 1.82) is 0 Å². The number of aromatic nitrogens is 2. The minimum absolute atomic E-state index is 0.0285. The first-order valence-electron chi connectivity index (χ1n) is 3.85. The lowest BCUT2D eigenvalue weighted by Crippen LogP contribution is -2.04. The number of pyridine rings is 1. The Morgan fingerprint density at radius 2 is 2.36 bits per heavy atom. The molecule has 2 aromatic heterocycles. The van der Waals surface area contributed by atoms with Gasteiger partial charge in [0, 0.05) is 5.39 Å². The minimum Gasteiger partial charge on any atom is -0.478 e. The van der Waals surface area contributed by atoms with Crippen molar-refractivity contribution < 1.29 is 9.90 Å². The van der Waals surface area contributed by atoms with Crippen LogP contribution in [0.5, 0.6) is 0 Å². The summed E-state index contributed by atoms with van der Waals surface area (Å²) in [7, 11) is 0. The Kier molecular flexibility index (Phi) is 1.85. The van der Waals surface area contributed by atoms with Gasteiger partial charge in [-0.2, -0.15) is 4.37 Å². The van der Waals surface area contributed by atoms with Crippen molar-refractivity contribution in [1.82, 2.24) is 9.36 Å². The molecule has 0 aliphatic rings. The molecule has 3 N–H and O–H groups in total. The van der Waals surface area contributed by atoms with Crippen molar-refractivity contribution in [3.8, 4) is 0 Å². The van der Waals surface area contributed by atoms with E-state index in [0.717, 1.165) is 11.1 Å². The summed E-state index contributed by atoms with van der Waals surface area (Å²) >= 11 is 1.21. The number of hydrogen-bond donors (Lipinski definition) is 2. The molecule has 0 atom stereocenters. The number of nitrogens with two attached hydrogens (primary N) is 1. The summed E-state index contributed by atoms with van der Waals surface area (Å²) in [5.74, 6) is -1.03. The van der Waals surface area contributed by atoms with E-state index in [2.05, 4.69) is 9.36 Å². The zero-order valence-electron chi connectivity index (χ0n) is 7.31. The van der Waals surface area contributed by atoms with E-state index < -0.39 is 5.97 Å². The second kappa shape index (κ2) is 2.91. The van der Waals surface area contributed by atoms with Crippen LogP contribution in [0.1, 0.15) is 16.1 Å². The van der Waals surface area contributed by atoms with Gasteiger partial charge >= 0.3 is 5.97 Å². The summed E-state index contributed by atoms with van der Waals surface area (Å²) in [6.07, 6.45) is 0. The zero-order valence-corrected chi connectivity index (χ0v) is 8.13. The molecule has 0 saturated heterocycles. The number of hydrogen-bond acceptors (Lipinski definition) is 5. The molecule has 2 heterocycles. The molecule has 72 valence electrons. The molecular weight excluding hydrogens is 202 g/mol. The van der Waals surface area contributed by atoms with E-state index in [1.807, 2.05) is 6.92 Å². The van der Waals surface area contributed by atoms with Gasteiger partial charge in [0.15, 0.2) is 0 Å². The van der Waals surface area contributed by atoms with E-state index in [9.17, 15) is 4.79 Å². The second-order valence-corrected chi connectivity index (χ2v) is 3.60. The molecule has 0 spiro atoms. The first-order valence-corrected chi connectivity index (χ1v) is 4.62. The molecule has 2 rings (SSSR count). The predicted molar refractivity (Wildman–Crippen MR) is 53.5 cm³/mol. The summed E-state index contributed by atoms with van der Waals surface area (Å²) < 4.78 is 4.07. The molecule has 0 unspecified atom stereocenters. The van der Waals surface area contributed by atoms with Crippen LogP contribution in [0, 0.1) is 6.92 Å². The summed E-state index contributed by atoms with van der Waals surface area (Å²) in [6.45, 7) is 1.81. The van der Waals surface area contributed by atoms with Crippen LogP contribution in [0.25, 0.3) is 10.2 Å². The third-order valence-electron chi connectivity index (χ3n) is 1.91. The maximum absolute atomic E-state index is 10.8. The van der Waals surface area contributed by atoms with Crippen molar-refractivity contribution >= 4 is 33.5 Å². The molecule has 0 fully saturated rings. The average molecular weight is 209 g/mol. The zero-order chi connectivity index (χ0) is 10.3. The molecule has 5 nitrogen and oxygen atoms in total. The highest BCUT2D eigenvalue weighted by atomic mass is 32.1. The summed E-state index contributed by atoms with van der Waals surface area (Å²) in [5.41, 5.74) is 6.29. The highest BCUT2D eigenvalue weighted by Crippen LogP contribution is 2.24. The molecule has 2 aromatic rings. The number of aromatic carboxylic acids is 1. The Bertz CT molecular complexity index is 521. The quantitative estimate of drug-likeness (QED) is 0.738. The Balaban J connectivity index is 2.80. The van der Waals surface area contributed by atoms with Crippen LogP contribution < -0.4 is 5.73 Å². The first-order chi connectivity index (χ1) is 6.59. The van der Waals surface area contributed by atoms with Crippen molar-refractivity contribution in [2.24, 2.45) is 0 Å². The van der Waals surface area contributed by atoms with Gasteiger partial charge in [-0.15, -0.1) is 0 Å². The molecule has 0 radical (unpaired) electrons. The lowest BCUT2D eigenvalue weighted by atomic mass is 10.2. The fourth-order valence-electron chi connectivity index (χ4n) is 1.17. The summed E-state index contributed by atoms with van der Waals surface area (Å²) in [4.78, 5) is 15.4. The number of anilines is 1. The predicted octanol–water partition coefficient (Wildman–Crippen LogP) is 1.28. The van der Waals surface area contributed by atoms with Crippen LogP contribution in [-0.2, 0) is 0 Å². The third kappa shape index (κ3) is 1.20. The van der Waals surface area contributed by atoms with E-state index in [-0.39, 0.29) is 11.4 Å². The van der Waals surface area contributed by atoms with Gasteiger partial charge < -0.3 is 10.8 Å². The Labute approximate surface area is 83.4 Å². The van der Waals surface area contributed by atoms with Crippen LogP contribution in [-0.4, -0.2) is 20.4 Å². The maximum Gasteiger partial charge on any atom is 0.339 e. The molecule has 0 aliphatic carbocycles. The van der Waals surface area contributed by atoms with Gasteiger partial charge in [-0.25, -0.2) is 9.78 Å². The number of rotatable bonds is 1. The highest BCUT2D eigenvalue weighted by Gasteiger charge is 2.13. The van der Waals surface area contributed by atoms with Crippen LogP contribution in [0.4, 0.5) is 5.82 Å². The van der Waals surface area contributed by atoms with Gasteiger partial charge in [0.1, 0.15) is 16.2 Å². The lowest BCUT2D eigenvalue weighted by molar-refractivity contribution is 0.0698. The topological polar surface area (TPSA) is 89.1 Å². The fourth-order valence-corrected chi connectivity index (χ4v) is 1.94. The number of nitrogens with zero attached hydrogens (tertiary/aromatic N) is 2. The van der Waals surface area contributed by atoms with E-state index in [4.69, 9.17) is 10.8 Å². The Morgan fingerprint density at radius 3 is 3.00 bits per heavy atom. The van der Waals surface area contributed by atoms with Gasteiger partial charge in [0.2, 0.25) is 0 Å². The molecule has 0 aromatic carbocycles. The smallest absolute Gasteiger partial charge is 0.339 e. The summed E-state index contributed by atoms with van der Waals surface area (Å²) in [6, 6.07) is 1.51.